The van der Waals surface area contributed by atoms with Crippen molar-refractivity contribution in [3.63, 3.8) is 0 Å². The summed E-state index contributed by atoms with van der Waals surface area (Å²) in [5, 5.41) is 35.8. The molecule has 39 heavy (non-hydrogen) atoms. The van der Waals surface area contributed by atoms with Crippen molar-refractivity contribution >= 4 is 6.09 Å². The summed E-state index contributed by atoms with van der Waals surface area (Å²) in [7, 11) is 0. The van der Waals surface area contributed by atoms with Crippen LogP contribution in [0.2, 0.25) is 0 Å². The third kappa shape index (κ3) is 7.57. The lowest BCUT2D eigenvalue weighted by atomic mass is 9.67. The number of amides is 1. The molecule has 1 aliphatic carbocycles. The van der Waals surface area contributed by atoms with Crippen molar-refractivity contribution in [2.24, 2.45) is 5.92 Å². The maximum atomic E-state index is 12.7. The summed E-state index contributed by atoms with van der Waals surface area (Å²) in [5.74, 6) is -0.550. The summed E-state index contributed by atoms with van der Waals surface area (Å²) in [4.78, 5) is 12.7. The molecular formula is C30H41NO8. The zero-order valence-electron chi connectivity index (χ0n) is 22.9. The van der Waals surface area contributed by atoms with E-state index in [1.165, 1.54) is 0 Å². The van der Waals surface area contributed by atoms with Crippen LogP contribution in [0.25, 0.3) is 0 Å². The SMILES string of the molecule is CC(C)(C)OC(=O)N[C@H]1[C@H](CO)C[C@H](O)[C@@]2(O)C[C@@H](OCc3ccccc3)[C@@H](COCc3ccccc3)O[C@@H]12. The van der Waals surface area contributed by atoms with Crippen molar-refractivity contribution in [3.8, 4) is 0 Å². The highest BCUT2D eigenvalue weighted by molar-refractivity contribution is 5.68. The predicted molar refractivity (Wildman–Crippen MR) is 144 cm³/mol. The summed E-state index contributed by atoms with van der Waals surface area (Å²) in [6.45, 7) is 5.77. The van der Waals surface area contributed by atoms with Gasteiger partial charge < -0.3 is 39.6 Å². The smallest absolute Gasteiger partial charge is 0.407 e. The van der Waals surface area contributed by atoms with Crippen molar-refractivity contribution in [2.75, 3.05) is 13.2 Å². The number of benzene rings is 2. The van der Waals surface area contributed by atoms with Crippen LogP contribution in [0, 0.1) is 5.92 Å². The van der Waals surface area contributed by atoms with Gasteiger partial charge in [-0.2, -0.15) is 0 Å². The summed E-state index contributed by atoms with van der Waals surface area (Å²) < 4.78 is 24.1. The van der Waals surface area contributed by atoms with E-state index < -0.39 is 53.7 Å². The number of alkyl carbamates (subject to hydrolysis) is 1. The first-order valence-electron chi connectivity index (χ1n) is 13.5. The van der Waals surface area contributed by atoms with E-state index >= 15 is 0 Å². The van der Waals surface area contributed by atoms with Gasteiger partial charge in [-0.1, -0.05) is 60.7 Å². The van der Waals surface area contributed by atoms with Gasteiger partial charge in [-0.05, 0) is 38.3 Å². The number of carbonyl (C=O) groups excluding carboxylic acids is 1. The Bertz CT molecular complexity index is 1050. The molecule has 1 aliphatic heterocycles. The Hall–Kier alpha value is -2.53. The molecule has 1 saturated carbocycles. The van der Waals surface area contributed by atoms with Crippen LogP contribution in [0.1, 0.15) is 44.7 Å². The average molecular weight is 544 g/mol. The molecular weight excluding hydrogens is 502 g/mol. The Morgan fingerprint density at radius 1 is 1.05 bits per heavy atom. The van der Waals surface area contributed by atoms with Crippen LogP contribution in [0.5, 0.6) is 0 Å². The molecule has 1 amide bonds. The minimum absolute atomic E-state index is 0.0652. The zero-order chi connectivity index (χ0) is 28.0. The highest BCUT2D eigenvalue weighted by atomic mass is 16.6. The number of hydrogen-bond acceptors (Lipinski definition) is 8. The normalized spacial score (nSPS) is 30.8. The monoisotopic (exact) mass is 543 g/mol. The fourth-order valence-electron chi connectivity index (χ4n) is 5.35. The minimum Gasteiger partial charge on any atom is -0.444 e. The van der Waals surface area contributed by atoms with E-state index in [0.29, 0.717) is 13.2 Å². The van der Waals surface area contributed by atoms with E-state index in [0.717, 1.165) is 11.1 Å². The first-order chi connectivity index (χ1) is 18.6. The van der Waals surface area contributed by atoms with Crippen LogP contribution in [0.3, 0.4) is 0 Å². The molecule has 9 heteroatoms. The van der Waals surface area contributed by atoms with Gasteiger partial charge in [0.1, 0.15) is 23.4 Å². The van der Waals surface area contributed by atoms with Gasteiger partial charge in [-0.15, -0.1) is 0 Å². The molecule has 214 valence electrons. The number of hydrogen-bond donors (Lipinski definition) is 4. The fourth-order valence-corrected chi connectivity index (χ4v) is 5.35. The first kappa shape index (κ1) is 29.5. The molecule has 0 bridgehead atoms. The quantitative estimate of drug-likeness (QED) is 0.380. The highest BCUT2D eigenvalue weighted by Crippen LogP contribution is 2.43. The lowest BCUT2D eigenvalue weighted by Gasteiger charge is -2.55. The topological polar surface area (TPSA) is 127 Å². The molecule has 1 saturated heterocycles. The lowest BCUT2D eigenvalue weighted by Crippen LogP contribution is -2.73. The second kappa shape index (κ2) is 12.8. The van der Waals surface area contributed by atoms with Crippen molar-refractivity contribution < 1.29 is 39.1 Å². The van der Waals surface area contributed by atoms with Crippen LogP contribution in [0.15, 0.2) is 60.7 Å². The first-order valence-corrected chi connectivity index (χ1v) is 13.5. The van der Waals surface area contributed by atoms with Crippen LogP contribution >= 0.6 is 0 Å². The largest absolute Gasteiger partial charge is 0.444 e. The number of fused-ring (bicyclic) bond motifs is 1. The molecule has 0 unspecified atom stereocenters. The van der Waals surface area contributed by atoms with Crippen molar-refractivity contribution in [2.45, 2.75) is 88.5 Å². The Morgan fingerprint density at radius 3 is 2.26 bits per heavy atom. The van der Waals surface area contributed by atoms with Gasteiger partial charge in [-0.25, -0.2) is 4.79 Å². The summed E-state index contributed by atoms with van der Waals surface area (Å²) in [6, 6.07) is 18.6. The van der Waals surface area contributed by atoms with Gasteiger partial charge in [0, 0.05) is 18.9 Å². The summed E-state index contributed by atoms with van der Waals surface area (Å²) in [5.41, 5.74) is -0.488. The predicted octanol–water partition coefficient (Wildman–Crippen LogP) is 2.94. The van der Waals surface area contributed by atoms with Crippen LogP contribution in [-0.2, 0) is 32.2 Å². The number of aliphatic hydroxyl groups excluding tert-OH is 2. The fraction of sp³-hybridized carbons (Fsp3) is 0.567. The van der Waals surface area contributed by atoms with Gasteiger partial charge in [-0.3, -0.25) is 0 Å². The van der Waals surface area contributed by atoms with E-state index in [4.69, 9.17) is 18.9 Å². The molecule has 4 rings (SSSR count). The summed E-state index contributed by atoms with van der Waals surface area (Å²) >= 11 is 0. The molecule has 9 nitrogen and oxygen atoms in total. The van der Waals surface area contributed by atoms with Crippen LogP contribution < -0.4 is 5.32 Å². The number of carbonyl (C=O) groups is 1. The van der Waals surface area contributed by atoms with Crippen LogP contribution in [0.4, 0.5) is 4.79 Å². The Labute approximate surface area is 230 Å². The van der Waals surface area contributed by atoms with Crippen molar-refractivity contribution in [1.82, 2.24) is 5.32 Å². The van der Waals surface area contributed by atoms with Gasteiger partial charge in [0.15, 0.2) is 0 Å². The molecule has 2 aliphatic rings. The highest BCUT2D eigenvalue weighted by Gasteiger charge is 2.60. The molecule has 4 N–H and O–H groups in total. The maximum absolute atomic E-state index is 12.7. The molecule has 2 aromatic carbocycles. The molecule has 0 radical (unpaired) electrons. The number of aliphatic hydroxyl groups is 3. The van der Waals surface area contributed by atoms with Gasteiger partial charge in [0.25, 0.3) is 0 Å². The number of rotatable bonds is 9. The second-order valence-corrected chi connectivity index (χ2v) is 11.5. The number of nitrogens with one attached hydrogen (secondary N) is 1. The van der Waals surface area contributed by atoms with Gasteiger partial charge >= 0.3 is 6.09 Å². The zero-order valence-corrected chi connectivity index (χ0v) is 22.9. The maximum Gasteiger partial charge on any atom is 0.407 e. The molecule has 0 aromatic heterocycles. The minimum atomic E-state index is -1.72. The average Bonchev–Trinajstić information content (AvgIpc) is 2.90. The third-order valence-electron chi connectivity index (χ3n) is 7.31. The molecule has 2 fully saturated rings. The Balaban J connectivity index is 1.55. The molecule has 1 heterocycles. The molecule has 2 aromatic rings. The van der Waals surface area contributed by atoms with Crippen LogP contribution in [-0.4, -0.2) is 76.3 Å². The third-order valence-corrected chi connectivity index (χ3v) is 7.31. The van der Waals surface area contributed by atoms with E-state index in [9.17, 15) is 20.1 Å². The van der Waals surface area contributed by atoms with E-state index in [-0.39, 0.29) is 26.1 Å². The molecule has 7 atom stereocenters. The summed E-state index contributed by atoms with van der Waals surface area (Å²) in [6.07, 6.45) is -3.95. The van der Waals surface area contributed by atoms with E-state index in [2.05, 4.69) is 5.32 Å². The van der Waals surface area contributed by atoms with Crippen molar-refractivity contribution in [3.05, 3.63) is 71.8 Å². The van der Waals surface area contributed by atoms with E-state index in [1.807, 2.05) is 60.7 Å². The Morgan fingerprint density at radius 2 is 1.67 bits per heavy atom. The van der Waals surface area contributed by atoms with Crippen molar-refractivity contribution in [1.29, 1.82) is 0 Å². The number of ether oxygens (including phenoxy) is 4. The van der Waals surface area contributed by atoms with Gasteiger partial charge in [0.2, 0.25) is 0 Å². The molecule has 0 spiro atoms. The second-order valence-electron chi connectivity index (χ2n) is 11.5. The standard InChI is InChI=1S/C30H41NO8/c1-29(2,3)39-28(34)31-26-22(16-32)14-25(33)30(35)15-23(37-18-21-12-8-5-9-13-21)24(38-27(26)30)19-36-17-20-10-6-4-7-11-20/h4-13,22-27,32-33,35H,14-19H2,1-3H3,(H,31,34)/t22-,23+,24+,25-,26-,27-,30-/m0/s1. The Kier molecular flexibility index (Phi) is 9.64. The van der Waals surface area contributed by atoms with Gasteiger partial charge in [0.05, 0.1) is 38.1 Å². The lowest BCUT2D eigenvalue weighted by molar-refractivity contribution is -0.288. The van der Waals surface area contributed by atoms with E-state index in [1.54, 1.807) is 20.8 Å².